The molecule has 3 rings (SSSR count). The van der Waals surface area contributed by atoms with Gasteiger partial charge in [0, 0.05) is 37.3 Å². The third kappa shape index (κ3) is 2.96. The van der Waals surface area contributed by atoms with Gasteiger partial charge in [0.25, 0.3) is 5.91 Å². The van der Waals surface area contributed by atoms with E-state index in [1.54, 1.807) is 7.11 Å². The number of nitrogens with one attached hydrogen (secondary N) is 3. The number of methoxy groups -OCH3 is 1. The first-order valence-electron chi connectivity index (χ1n) is 7.37. The van der Waals surface area contributed by atoms with E-state index in [1.807, 2.05) is 25.1 Å². The number of nitrogens with zero attached hydrogens (tertiary/aromatic N) is 1. The van der Waals surface area contributed by atoms with E-state index in [2.05, 4.69) is 20.8 Å². The van der Waals surface area contributed by atoms with Gasteiger partial charge >= 0.3 is 0 Å². The van der Waals surface area contributed by atoms with Crippen molar-refractivity contribution in [1.82, 2.24) is 20.8 Å². The zero-order chi connectivity index (χ0) is 15.5. The molecule has 0 aliphatic carbocycles. The lowest BCUT2D eigenvalue weighted by Crippen LogP contribution is -2.28. The first-order chi connectivity index (χ1) is 10.7. The average molecular weight is 300 g/mol. The predicted molar refractivity (Wildman–Crippen MR) is 82.9 cm³/mol. The number of aromatic amines is 1. The summed E-state index contributed by atoms with van der Waals surface area (Å²) in [6, 6.07) is 5.92. The van der Waals surface area contributed by atoms with Crippen LogP contribution in [0.15, 0.2) is 18.2 Å². The van der Waals surface area contributed by atoms with Crippen LogP contribution in [0.3, 0.4) is 0 Å². The van der Waals surface area contributed by atoms with Crippen LogP contribution in [-0.4, -0.2) is 29.8 Å². The van der Waals surface area contributed by atoms with Gasteiger partial charge in [-0.2, -0.15) is 5.10 Å². The fourth-order valence-corrected chi connectivity index (χ4v) is 2.72. The minimum Gasteiger partial charge on any atom is -0.497 e. The second-order valence-electron chi connectivity index (χ2n) is 5.50. The third-order valence-corrected chi connectivity index (χ3v) is 3.82. The molecule has 6 heteroatoms. The second kappa shape index (κ2) is 6.19. The Morgan fingerprint density at radius 3 is 3.09 bits per heavy atom. The van der Waals surface area contributed by atoms with Crippen molar-refractivity contribution in [3.05, 3.63) is 46.3 Å². The van der Waals surface area contributed by atoms with Crippen LogP contribution in [0.1, 0.15) is 32.9 Å². The fourth-order valence-electron chi connectivity index (χ4n) is 2.72. The lowest BCUT2D eigenvalue weighted by atomic mass is 10.1. The van der Waals surface area contributed by atoms with Crippen LogP contribution in [0.2, 0.25) is 0 Å². The van der Waals surface area contributed by atoms with Gasteiger partial charge in [0.05, 0.1) is 7.11 Å². The van der Waals surface area contributed by atoms with E-state index in [1.165, 1.54) is 0 Å². The summed E-state index contributed by atoms with van der Waals surface area (Å²) in [5.74, 6) is 0.646. The molecule has 0 saturated heterocycles. The highest BCUT2D eigenvalue weighted by molar-refractivity contribution is 5.94. The van der Waals surface area contributed by atoms with E-state index in [-0.39, 0.29) is 5.91 Å². The first kappa shape index (κ1) is 14.6. The Morgan fingerprint density at radius 1 is 1.41 bits per heavy atom. The maximum Gasteiger partial charge on any atom is 0.272 e. The topological polar surface area (TPSA) is 79.0 Å². The predicted octanol–water partition coefficient (Wildman–Crippen LogP) is 1.30. The van der Waals surface area contributed by atoms with Gasteiger partial charge in [0.2, 0.25) is 0 Å². The molecule has 2 heterocycles. The zero-order valence-corrected chi connectivity index (χ0v) is 12.8. The molecule has 116 valence electrons. The Morgan fingerprint density at radius 2 is 2.27 bits per heavy atom. The summed E-state index contributed by atoms with van der Waals surface area (Å²) in [4.78, 5) is 12.3. The number of hydrogen-bond donors (Lipinski definition) is 3. The van der Waals surface area contributed by atoms with Gasteiger partial charge < -0.3 is 15.4 Å². The van der Waals surface area contributed by atoms with Gasteiger partial charge in [-0.1, -0.05) is 6.07 Å². The fraction of sp³-hybridized carbons (Fsp3) is 0.375. The maximum atomic E-state index is 12.3. The number of rotatable bonds is 4. The Labute approximate surface area is 129 Å². The number of benzene rings is 1. The molecule has 0 spiro atoms. The summed E-state index contributed by atoms with van der Waals surface area (Å²) in [6.07, 6.45) is 0.880. The lowest BCUT2D eigenvalue weighted by molar-refractivity contribution is 0.0944. The molecule has 0 bridgehead atoms. The Balaban J connectivity index is 1.70. The average Bonchev–Trinajstić information content (AvgIpc) is 2.96. The van der Waals surface area contributed by atoms with Gasteiger partial charge in [0.15, 0.2) is 5.69 Å². The number of carbonyl (C=O) groups excluding carboxylic acids is 1. The molecule has 0 atom stereocenters. The van der Waals surface area contributed by atoms with Crippen LogP contribution in [0, 0.1) is 6.92 Å². The van der Waals surface area contributed by atoms with E-state index in [9.17, 15) is 4.79 Å². The maximum absolute atomic E-state index is 12.3. The molecule has 0 fully saturated rings. The van der Waals surface area contributed by atoms with Crippen molar-refractivity contribution in [2.75, 3.05) is 13.7 Å². The second-order valence-corrected chi connectivity index (χ2v) is 5.50. The highest BCUT2D eigenvalue weighted by Gasteiger charge is 2.21. The van der Waals surface area contributed by atoms with Gasteiger partial charge in [0.1, 0.15) is 5.75 Å². The van der Waals surface area contributed by atoms with Crippen molar-refractivity contribution in [3.8, 4) is 5.75 Å². The summed E-state index contributed by atoms with van der Waals surface area (Å²) in [5.41, 5.74) is 4.63. The molecule has 6 nitrogen and oxygen atoms in total. The summed E-state index contributed by atoms with van der Waals surface area (Å²) >= 11 is 0. The number of fused-ring (bicyclic) bond motifs is 1. The van der Waals surface area contributed by atoms with Crippen molar-refractivity contribution in [1.29, 1.82) is 0 Å². The normalized spacial score (nSPS) is 13.5. The number of aryl methyl sites for hydroxylation is 1. The smallest absolute Gasteiger partial charge is 0.272 e. The third-order valence-electron chi connectivity index (χ3n) is 3.82. The summed E-state index contributed by atoms with van der Waals surface area (Å²) in [5, 5.41) is 13.3. The Hall–Kier alpha value is -2.34. The van der Waals surface area contributed by atoms with Crippen LogP contribution < -0.4 is 15.4 Å². The molecule has 22 heavy (non-hydrogen) atoms. The molecule has 0 saturated carbocycles. The van der Waals surface area contributed by atoms with Crippen LogP contribution in [-0.2, 0) is 19.5 Å². The molecule has 1 amide bonds. The molecule has 1 aliphatic rings. The Kier molecular flexibility index (Phi) is 4.11. The molecule has 3 N–H and O–H groups in total. The highest BCUT2D eigenvalue weighted by Crippen LogP contribution is 2.17. The summed E-state index contributed by atoms with van der Waals surface area (Å²) in [7, 11) is 1.64. The van der Waals surface area contributed by atoms with Crippen molar-refractivity contribution in [3.63, 3.8) is 0 Å². The number of H-pyrrole nitrogens is 1. The first-order valence-corrected chi connectivity index (χ1v) is 7.37. The van der Waals surface area contributed by atoms with Crippen LogP contribution in [0.5, 0.6) is 5.75 Å². The van der Waals surface area contributed by atoms with E-state index in [0.717, 1.165) is 41.1 Å². The summed E-state index contributed by atoms with van der Waals surface area (Å²) in [6.45, 7) is 4.06. The quantitative estimate of drug-likeness (QED) is 0.795. The van der Waals surface area contributed by atoms with E-state index >= 15 is 0 Å². The largest absolute Gasteiger partial charge is 0.497 e. The number of ether oxygens (including phenoxy) is 1. The highest BCUT2D eigenvalue weighted by atomic mass is 16.5. The molecule has 1 aliphatic heterocycles. The SMILES string of the molecule is COc1cc(C)cc(CNC(=O)c2n[nH]c3c2CNCC3)c1. The number of hydrogen-bond acceptors (Lipinski definition) is 4. The molecule has 0 unspecified atom stereocenters. The molecular formula is C16H20N4O2. The van der Waals surface area contributed by atoms with Gasteiger partial charge in [-0.05, 0) is 30.2 Å². The summed E-state index contributed by atoms with van der Waals surface area (Å²) < 4.78 is 5.25. The molecule has 1 aromatic heterocycles. The lowest BCUT2D eigenvalue weighted by Gasteiger charge is -2.13. The molecule has 2 aromatic rings. The van der Waals surface area contributed by atoms with Crippen molar-refractivity contribution in [2.24, 2.45) is 0 Å². The number of carbonyl (C=O) groups is 1. The minimum absolute atomic E-state index is 0.151. The number of aromatic nitrogens is 2. The van der Waals surface area contributed by atoms with Gasteiger partial charge in [-0.3, -0.25) is 9.89 Å². The number of amides is 1. The minimum atomic E-state index is -0.151. The monoisotopic (exact) mass is 300 g/mol. The van der Waals surface area contributed by atoms with Gasteiger partial charge in [-0.25, -0.2) is 0 Å². The van der Waals surface area contributed by atoms with Crippen molar-refractivity contribution in [2.45, 2.75) is 26.4 Å². The Bertz CT molecular complexity index is 693. The van der Waals surface area contributed by atoms with Crippen molar-refractivity contribution >= 4 is 5.91 Å². The molecule has 0 radical (unpaired) electrons. The molecule has 1 aromatic carbocycles. The van der Waals surface area contributed by atoms with Gasteiger partial charge in [-0.15, -0.1) is 0 Å². The van der Waals surface area contributed by atoms with Crippen LogP contribution in [0.25, 0.3) is 0 Å². The van der Waals surface area contributed by atoms with E-state index in [4.69, 9.17) is 4.74 Å². The zero-order valence-electron chi connectivity index (χ0n) is 12.8. The van der Waals surface area contributed by atoms with Crippen LogP contribution >= 0.6 is 0 Å². The van der Waals surface area contributed by atoms with Crippen molar-refractivity contribution < 1.29 is 9.53 Å². The van der Waals surface area contributed by atoms with Crippen LogP contribution in [0.4, 0.5) is 0 Å². The standard InChI is InChI=1S/C16H20N4O2/c1-10-5-11(7-12(6-10)22-2)8-18-16(21)15-13-9-17-4-3-14(13)19-20-15/h5-7,17H,3-4,8-9H2,1-2H3,(H,18,21)(H,19,20). The van der Waals surface area contributed by atoms with E-state index in [0.29, 0.717) is 18.8 Å². The van der Waals surface area contributed by atoms with E-state index < -0.39 is 0 Å². The molecular weight excluding hydrogens is 280 g/mol.